The predicted molar refractivity (Wildman–Crippen MR) is 106 cm³/mol. The van der Waals surface area contributed by atoms with E-state index >= 15 is 0 Å². The highest BCUT2D eigenvalue weighted by Crippen LogP contribution is 2.42. The summed E-state index contributed by atoms with van der Waals surface area (Å²) in [5.41, 5.74) is 3.22. The summed E-state index contributed by atoms with van der Waals surface area (Å²) in [6.07, 6.45) is 2.63. The van der Waals surface area contributed by atoms with Crippen molar-refractivity contribution >= 4 is 0 Å². The van der Waals surface area contributed by atoms with E-state index in [0.717, 1.165) is 53.0 Å². The van der Waals surface area contributed by atoms with Crippen LogP contribution >= 0.6 is 0 Å². The van der Waals surface area contributed by atoms with Gasteiger partial charge in [-0.05, 0) is 65.8 Å². The number of aliphatic hydroxyl groups is 1. The lowest BCUT2D eigenvalue weighted by Gasteiger charge is -2.35. The van der Waals surface area contributed by atoms with Gasteiger partial charge in [0.05, 0.1) is 7.11 Å². The molecule has 0 radical (unpaired) electrons. The van der Waals surface area contributed by atoms with Crippen LogP contribution in [0.15, 0.2) is 72.8 Å². The van der Waals surface area contributed by atoms with Crippen molar-refractivity contribution in [2.24, 2.45) is 0 Å². The molecule has 0 saturated heterocycles. The minimum absolute atomic E-state index is 0.535. The quantitative estimate of drug-likeness (QED) is 0.707. The number of benzene rings is 3. The van der Waals surface area contributed by atoms with Gasteiger partial charge in [0.15, 0.2) is 0 Å². The zero-order valence-corrected chi connectivity index (χ0v) is 15.5. The standard InChI is InChI=1S/C24H24O3/c1-26-22-13-14-23-19(16-22)8-5-15-24(23,25)20-9-11-21(12-10-20)27-17-18-6-3-2-4-7-18/h2-4,6-7,9-14,16,25H,5,8,15,17H2,1H3/t24-/m1/s1. The molecule has 3 nitrogen and oxygen atoms in total. The fraction of sp³-hybridized carbons (Fsp3) is 0.250. The van der Waals surface area contributed by atoms with Crippen molar-refractivity contribution in [2.45, 2.75) is 31.5 Å². The Morgan fingerprint density at radius 3 is 2.41 bits per heavy atom. The SMILES string of the molecule is COc1ccc2c(c1)CCC[C@@]2(O)c1ccc(OCc2ccccc2)cc1. The molecule has 3 heteroatoms. The Kier molecular flexibility index (Phi) is 4.87. The molecule has 1 aliphatic rings. The van der Waals surface area contributed by atoms with Crippen molar-refractivity contribution in [2.75, 3.05) is 7.11 Å². The Labute approximate surface area is 160 Å². The van der Waals surface area contributed by atoms with E-state index in [9.17, 15) is 5.11 Å². The van der Waals surface area contributed by atoms with Gasteiger partial charge in [-0.1, -0.05) is 48.5 Å². The molecular weight excluding hydrogens is 336 g/mol. The highest BCUT2D eigenvalue weighted by molar-refractivity contribution is 5.47. The van der Waals surface area contributed by atoms with Crippen LogP contribution in [0.1, 0.15) is 35.1 Å². The van der Waals surface area contributed by atoms with Crippen molar-refractivity contribution in [3.63, 3.8) is 0 Å². The summed E-state index contributed by atoms with van der Waals surface area (Å²) in [6.45, 7) is 0.535. The Bertz CT molecular complexity index is 903. The van der Waals surface area contributed by atoms with Crippen LogP contribution < -0.4 is 9.47 Å². The van der Waals surface area contributed by atoms with Gasteiger partial charge in [-0.25, -0.2) is 0 Å². The van der Waals surface area contributed by atoms with Gasteiger partial charge in [-0.3, -0.25) is 0 Å². The maximum Gasteiger partial charge on any atom is 0.119 e. The smallest absolute Gasteiger partial charge is 0.119 e. The first-order valence-electron chi connectivity index (χ1n) is 9.36. The number of rotatable bonds is 5. The first kappa shape index (κ1) is 17.6. The number of aryl methyl sites for hydroxylation is 1. The van der Waals surface area contributed by atoms with Crippen LogP contribution in [0.5, 0.6) is 11.5 Å². The lowest BCUT2D eigenvalue weighted by Crippen LogP contribution is -2.31. The zero-order valence-electron chi connectivity index (χ0n) is 15.5. The topological polar surface area (TPSA) is 38.7 Å². The molecule has 0 bridgehead atoms. The minimum Gasteiger partial charge on any atom is -0.497 e. The zero-order chi connectivity index (χ0) is 18.7. The number of hydrogen-bond acceptors (Lipinski definition) is 3. The van der Waals surface area contributed by atoms with Gasteiger partial charge in [0.1, 0.15) is 23.7 Å². The van der Waals surface area contributed by atoms with Crippen LogP contribution in [-0.2, 0) is 18.6 Å². The Morgan fingerprint density at radius 1 is 0.926 bits per heavy atom. The maximum atomic E-state index is 11.5. The molecule has 0 heterocycles. The molecule has 0 aromatic heterocycles. The first-order valence-corrected chi connectivity index (χ1v) is 9.36. The molecule has 138 valence electrons. The second-order valence-corrected chi connectivity index (χ2v) is 7.04. The van der Waals surface area contributed by atoms with E-state index < -0.39 is 5.60 Å². The molecule has 3 aromatic carbocycles. The molecule has 4 rings (SSSR count). The molecule has 27 heavy (non-hydrogen) atoms. The van der Waals surface area contributed by atoms with Crippen molar-refractivity contribution in [3.05, 3.63) is 95.1 Å². The average molecular weight is 360 g/mol. The minimum atomic E-state index is -0.961. The Morgan fingerprint density at radius 2 is 1.67 bits per heavy atom. The average Bonchev–Trinajstić information content (AvgIpc) is 2.73. The Balaban J connectivity index is 1.55. The van der Waals surface area contributed by atoms with Crippen LogP contribution in [0, 0.1) is 0 Å². The van der Waals surface area contributed by atoms with E-state index in [1.807, 2.05) is 72.8 Å². The maximum absolute atomic E-state index is 11.5. The van der Waals surface area contributed by atoms with Gasteiger partial charge in [0.25, 0.3) is 0 Å². The van der Waals surface area contributed by atoms with Crippen LogP contribution in [0.3, 0.4) is 0 Å². The van der Waals surface area contributed by atoms with E-state index in [4.69, 9.17) is 9.47 Å². The van der Waals surface area contributed by atoms with Gasteiger partial charge >= 0.3 is 0 Å². The Hall–Kier alpha value is -2.78. The monoisotopic (exact) mass is 360 g/mol. The third-order valence-corrected chi connectivity index (χ3v) is 5.32. The summed E-state index contributed by atoms with van der Waals surface area (Å²) in [6, 6.07) is 23.9. The molecule has 1 atom stereocenters. The fourth-order valence-electron chi connectivity index (χ4n) is 3.84. The number of methoxy groups -OCH3 is 1. The second kappa shape index (κ2) is 7.45. The molecule has 0 saturated carbocycles. The molecule has 1 aliphatic carbocycles. The van der Waals surface area contributed by atoms with Crippen molar-refractivity contribution in [1.82, 2.24) is 0 Å². The summed E-state index contributed by atoms with van der Waals surface area (Å²) in [5, 5.41) is 11.5. The van der Waals surface area contributed by atoms with E-state index in [2.05, 4.69) is 0 Å². The molecule has 1 N–H and O–H groups in total. The molecule has 0 amide bonds. The van der Waals surface area contributed by atoms with Crippen LogP contribution in [0.2, 0.25) is 0 Å². The van der Waals surface area contributed by atoms with Gasteiger partial charge < -0.3 is 14.6 Å². The van der Waals surface area contributed by atoms with Crippen molar-refractivity contribution in [3.8, 4) is 11.5 Å². The van der Waals surface area contributed by atoms with E-state index in [1.165, 1.54) is 0 Å². The highest BCUT2D eigenvalue weighted by Gasteiger charge is 2.36. The van der Waals surface area contributed by atoms with Gasteiger partial charge in [0.2, 0.25) is 0 Å². The molecular formula is C24H24O3. The summed E-state index contributed by atoms with van der Waals surface area (Å²) >= 11 is 0. The van der Waals surface area contributed by atoms with Gasteiger partial charge in [-0.2, -0.15) is 0 Å². The first-order chi connectivity index (χ1) is 13.2. The summed E-state index contributed by atoms with van der Waals surface area (Å²) < 4.78 is 11.2. The van der Waals surface area contributed by atoms with Crippen LogP contribution in [-0.4, -0.2) is 12.2 Å². The van der Waals surface area contributed by atoms with Gasteiger partial charge in [0, 0.05) is 0 Å². The van der Waals surface area contributed by atoms with Crippen molar-refractivity contribution < 1.29 is 14.6 Å². The number of hydrogen-bond donors (Lipinski definition) is 1. The molecule has 3 aromatic rings. The van der Waals surface area contributed by atoms with Crippen LogP contribution in [0.25, 0.3) is 0 Å². The normalized spacial score (nSPS) is 18.6. The predicted octanol–water partition coefficient (Wildman–Crippen LogP) is 4.85. The van der Waals surface area contributed by atoms with Gasteiger partial charge in [-0.15, -0.1) is 0 Å². The summed E-state index contributed by atoms with van der Waals surface area (Å²) in [4.78, 5) is 0. The lowest BCUT2D eigenvalue weighted by molar-refractivity contribution is 0.0614. The van der Waals surface area contributed by atoms with Crippen molar-refractivity contribution in [1.29, 1.82) is 0 Å². The number of ether oxygens (including phenoxy) is 2. The summed E-state index contributed by atoms with van der Waals surface area (Å²) in [7, 11) is 1.67. The molecule has 0 fully saturated rings. The van der Waals surface area contributed by atoms with E-state index in [0.29, 0.717) is 6.61 Å². The third kappa shape index (κ3) is 3.56. The fourth-order valence-corrected chi connectivity index (χ4v) is 3.84. The number of fused-ring (bicyclic) bond motifs is 1. The summed E-state index contributed by atoms with van der Waals surface area (Å²) in [5.74, 6) is 1.64. The lowest BCUT2D eigenvalue weighted by atomic mass is 9.75. The highest BCUT2D eigenvalue weighted by atomic mass is 16.5. The van der Waals surface area contributed by atoms with Crippen LogP contribution in [0.4, 0.5) is 0 Å². The second-order valence-electron chi connectivity index (χ2n) is 7.04. The largest absolute Gasteiger partial charge is 0.497 e. The van der Waals surface area contributed by atoms with E-state index in [1.54, 1.807) is 7.11 Å². The molecule has 0 spiro atoms. The molecule has 0 unspecified atom stereocenters. The van der Waals surface area contributed by atoms with E-state index in [-0.39, 0.29) is 0 Å². The molecule has 0 aliphatic heterocycles. The third-order valence-electron chi connectivity index (χ3n) is 5.32.